The summed E-state index contributed by atoms with van der Waals surface area (Å²) in [5.41, 5.74) is 1.86. The van der Waals surface area contributed by atoms with E-state index in [0.29, 0.717) is 15.4 Å². The Morgan fingerprint density at radius 2 is 2.00 bits per heavy atom. The second-order valence-corrected chi connectivity index (χ2v) is 9.01. The maximum absolute atomic E-state index is 12.4. The van der Waals surface area contributed by atoms with Crippen molar-refractivity contribution in [2.75, 3.05) is 5.32 Å². The van der Waals surface area contributed by atoms with Crippen LogP contribution < -0.4 is 5.32 Å². The number of carbonyl (C=O) groups excluding carboxylic acids is 1. The van der Waals surface area contributed by atoms with Gasteiger partial charge in [-0.1, -0.05) is 43.0 Å². The van der Waals surface area contributed by atoms with E-state index < -0.39 is 0 Å². The van der Waals surface area contributed by atoms with E-state index in [1.54, 1.807) is 11.8 Å². The fourth-order valence-corrected chi connectivity index (χ4v) is 5.06. The molecule has 128 valence electrons. The molecule has 1 aromatic carbocycles. The van der Waals surface area contributed by atoms with E-state index in [2.05, 4.69) is 10.3 Å². The molecule has 24 heavy (non-hydrogen) atoms. The highest BCUT2D eigenvalue weighted by Gasteiger charge is 2.22. The van der Waals surface area contributed by atoms with Gasteiger partial charge in [0.15, 0.2) is 5.13 Å². The molecule has 0 spiro atoms. The number of thioether (sulfide) groups is 1. The number of carbonyl (C=O) groups is 1. The van der Waals surface area contributed by atoms with E-state index >= 15 is 0 Å². The largest absolute Gasteiger partial charge is 0.301 e. The quantitative estimate of drug-likeness (QED) is 0.706. The Morgan fingerprint density at radius 1 is 1.29 bits per heavy atom. The molecule has 0 bridgehead atoms. The molecule has 3 rings (SSSR count). The molecule has 1 fully saturated rings. The van der Waals surface area contributed by atoms with Gasteiger partial charge in [-0.15, -0.1) is 23.1 Å². The highest BCUT2D eigenvalue weighted by Crippen LogP contribution is 2.32. The SMILES string of the molecule is CC(SC1CCCCC1)C(=O)Nc1nc(-c2ccc(Cl)cc2)cs1. The van der Waals surface area contributed by atoms with Crippen LogP contribution in [0.15, 0.2) is 29.6 Å². The molecule has 1 saturated carbocycles. The van der Waals surface area contributed by atoms with Gasteiger partial charge in [-0.3, -0.25) is 4.79 Å². The van der Waals surface area contributed by atoms with Crippen LogP contribution in [0.5, 0.6) is 0 Å². The predicted octanol–water partition coefficient (Wildman–Crippen LogP) is 5.86. The molecular formula is C18H21ClN2OS2. The van der Waals surface area contributed by atoms with Gasteiger partial charge >= 0.3 is 0 Å². The smallest absolute Gasteiger partial charge is 0.238 e. The minimum atomic E-state index is -0.0454. The summed E-state index contributed by atoms with van der Waals surface area (Å²) in [7, 11) is 0. The Balaban J connectivity index is 1.57. The van der Waals surface area contributed by atoms with Crippen LogP contribution in [0, 0.1) is 0 Å². The van der Waals surface area contributed by atoms with Gasteiger partial charge in [-0.05, 0) is 31.9 Å². The second kappa shape index (κ2) is 8.37. The third-order valence-corrected chi connectivity index (χ3v) is 6.68. The Hall–Kier alpha value is -1.04. The van der Waals surface area contributed by atoms with Gasteiger partial charge in [0.1, 0.15) is 0 Å². The first-order valence-electron chi connectivity index (χ1n) is 8.29. The van der Waals surface area contributed by atoms with E-state index in [0.717, 1.165) is 11.3 Å². The number of benzene rings is 1. The van der Waals surface area contributed by atoms with Crippen LogP contribution in [-0.4, -0.2) is 21.4 Å². The highest BCUT2D eigenvalue weighted by molar-refractivity contribution is 8.01. The Labute approximate surface area is 156 Å². The number of hydrogen-bond acceptors (Lipinski definition) is 4. The number of anilines is 1. The number of halogens is 1. The van der Waals surface area contributed by atoms with E-state index in [1.807, 2.05) is 36.6 Å². The molecule has 0 radical (unpaired) electrons. The average molecular weight is 381 g/mol. The second-order valence-electron chi connectivity index (χ2n) is 6.07. The molecule has 1 heterocycles. The first-order valence-corrected chi connectivity index (χ1v) is 10.5. The molecular weight excluding hydrogens is 360 g/mol. The number of nitrogens with one attached hydrogen (secondary N) is 1. The van der Waals surface area contributed by atoms with Gasteiger partial charge in [0.05, 0.1) is 10.9 Å². The number of amides is 1. The molecule has 1 aromatic heterocycles. The van der Waals surface area contributed by atoms with E-state index in [4.69, 9.17) is 11.6 Å². The zero-order chi connectivity index (χ0) is 16.9. The lowest BCUT2D eigenvalue weighted by atomic mass is 10.0. The van der Waals surface area contributed by atoms with Crippen LogP contribution in [0.25, 0.3) is 11.3 Å². The van der Waals surface area contributed by atoms with E-state index in [1.165, 1.54) is 43.4 Å². The topological polar surface area (TPSA) is 42.0 Å². The molecule has 1 atom stereocenters. The van der Waals surface area contributed by atoms with Gasteiger partial charge in [0.2, 0.25) is 5.91 Å². The average Bonchev–Trinajstić information content (AvgIpc) is 3.05. The van der Waals surface area contributed by atoms with Crippen molar-refractivity contribution in [2.45, 2.75) is 49.5 Å². The van der Waals surface area contributed by atoms with Crippen molar-refractivity contribution in [3.8, 4) is 11.3 Å². The van der Waals surface area contributed by atoms with Crippen molar-refractivity contribution in [2.24, 2.45) is 0 Å². The van der Waals surface area contributed by atoms with Gasteiger partial charge in [-0.25, -0.2) is 4.98 Å². The summed E-state index contributed by atoms with van der Waals surface area (Å²) in [5, 5.41) is 6.85. The molecule has 1 aliphatic rings. The van der Waals surface area contributed by atoms with E-state index in [-0.39, 0.29) is 11.2 Å². The summed E-state index contributed by atoms with van der Waals surface area (Å²) in [6, 6.07) is 7.56. The summed E-state index contributed by atoms with van der Waals surface area (Å²) in [6.07, 6.45) is 6.40. The number of rotatable bonds is 5. The van der Waals surface area contributed by atoms with Crippen molar-refractivity contribution < 1.29 is 4.79 Å². The van der Waals surface area contributed by atoms with Crippen LogP contribution in [0.4, 0.5) is 5.13 Å². The van der Waals surface area contributed by atoms with Crippen molar-refractivity contribution in [1.82, 2.24) is 4.98 Å². The molecule has 6 heteroatoms. The fourth-order valence-electron chi connectivity index (χ4n) is 2.84. The summed E-state index contributed by atoms with van der Waals surface area (Å²) in [5.74, 6) is 0.0441. The molecule has 0 aliphatic heterocycles. The zero-order valence-electron chi connectivity index (χ0n) is 13.6. The fraction of sp³-hybridized carbons (Fsp3) is 0.444. The molecule has 1 aliphatic carbocycles. The molecule has 1 amide bonds. The van der Waals surface area contributed by atoms with Gasteiger partial charge in [0.25, 0.3) is 0 Å². The number of aromatic nitrogens is 1. The van der Waals surface area contributed by atoms with Crippen LogP contribution in [0.2, 0.25) is 5.02 Å². The Kier molecular flexibility index (Phi) is 6.19. The Bertz CT molecular complexity index is 681. The maximum Gasteiger partial charge on any atom is 0.238 e. The van der Waals surface area contributed by atoms with Crippen molar-refractivity contribution >= 4 is 45.7 Å². The Morgan fingerprint density at radius 3 is 2.71 bits per heavy atom. The lowest BCUT2D eigenvalue weighted by Crippen LogP contribution is -2.25. The van der Waals surface area contributed by atoms with Crippen LogP contribution in [0.3, 0.4) is 0 Å². The highest BCUT2D eigenvalue weighted by atomic mass is 35.5. The zero-order valence-corrected chi connectivity index (χ0v) is 16.0. The summed E-state index contributed by atoms with van der Waals surface area (Å²) < 4.78 is 0. The first-order chi connectivity index (χ1) is 11.6. The van der Waals surface area contributed by atoms with E-state index in [9.17, 15) is 4.79 Å². The summed E-state index contributed by atoms with van der Waals surface area (Å²) in [4.78, 5) is 16.9. The van der Waals surface area contributed by atoms with Crippen LogP contribution in [-0.2, 0) is 4.79 Å². The molecule has 3 nitrogen and oxygen atoms in total. The lowest BCUT2D eigenvalue weighted by Gasteiger charge is -2.23. The number of hydrogen-bond donors (Lipinski definition) is 1. The lowest BCUT2D eigenvalue weighted by molar-refractivity contribution is -0.115. The van der Waals surface area contributed by atoms with Crippen LogP contribution in [0.1, 0.15) is 39.0 Å². The summed E-state index contributed by atoms with van der Waals surface area (Å²) in [6.45, 7) is 1.99. The van der Waals surface area contributed by atoms with Gasteiger partial charge in [-0.2, -0.15) is 0 Å². The molecule has 1 unspecified atom stereocenters. The van der Waals surface area contributed by atoms with Gasteiger partial charge in [0, 0.05) is 21.2 Å². The van der Waals surface area contributed by atoms with Crippen molar-refractivity contribution in [1.29, 1.82) is 0 Å². The normalized spacial score (nSPS) is 16.8. The molecule has 1 N–H and O–H groups in total. The first kappa shape index (κ1) is 17.8. The standard InChI is InChI=1S/C18H21ClN2OS2/c1-12(24-15-5-3-2-4-6-15)17(22)21-18-20-16(11-23-18)13-7-9-14(19)10-8-13/h7-12,15H,2-6H2,1H3,(H,20,21,22). The van der Waals surface area contributed by atoms with Gasteiger partial charge < -0.3 is 5.32 Å². The van der Waals surface area contributed by atoms with Crippen molar-refractivity contribution in [3.63, 3.8) is 0 Å². The van der Waals surface area contributed by atoms with Crippen molar-refractivity contribution in [3.05, 3.63) is 34.7 Å². The van der Waals surface area contributed by atoms with Crippen LogP contribution >= 0.6 is 34.7 Å². The third-order valence-electron chi connectivity index (χ3n) is 4.19. The predicted molar refractivity (Wildman–Crippen MR) is 105 cm³/mol. The number of nitrogens with zero attached hydrogens (tertiary/aromatic N) is 1. The monoisotopic (exact) mass is 380 g/mol. The minimum absolute atomic E-state index is 0.0441. The maximum atomic E-state index is 12.4. The third kappa shape index (κ3) is 4.74. The number of thiazole rings is 1. The molecule has 2 aromatic rings. The minimum Gasteiger partial charge on any atom is -0.301 e. The molecule has 0 saturated heterocycles. The summed E-state index contributed by atoms with van der Waals surface area (Å²) >= 11 is 9.17.